The van der Waals surface area contributed by atoms with E-state index in [2.05, 4.69) is 43.8 Å². The number of benzene rings is 2. The van der Waals surface area contributed by atoms with E-state index in [0.717, 1.165) is 11.0 Å². The summed E-state index contributed by atoms with van der Waals surface area (Å²) >= 11 is 1.35. The summed E-state index contributed by atoms with van der Waals surface area (Å²) in [7, 11) is 0. The number of rotatable bonds is 0. The van der Waals surface area contributed by atoms with E-state index in [1.807, 2.05) is 66.3 Å². The molecule has 0 N–H and O–H groups in total. The molecule has 0 aliphatic heterocycles. The molecule has 0 aliphatic rings. The van der Waals surface area contributed by atoms with Gasteiger partial charge in [-0.2, -0.15) is 0 Å². The minimum atomic E-state index is 1.06. The Hall–Kier alpha value is -3.18. The summed E-state index contributed by atoms with van der Waals surface area (Å²) in [6, 6.07) is 24.2. The standard InChI is InChI=1S/2C9H7N.C2H2N2S/c2*1-2-6-9-8(4-1)5-3-7-10-9;1-2-5-4-3-1/h2*1-7H;1-2H. The van der Waals surface area contributed by atoms with Crippen LogP contribution in [0.3, 0.4) is 0 Å². The number of fused-ring (bicyclic) bond motifs is 2. The highest BCUT2D eigenvalue weighted by molar-refractivity contribution is 7.03. The molecule has 0 atom stereocenters. The topological polar surface area (TPSA) is 51.6 Å². The highest BCUT2D eigenvalue weighted by atomic mass is 32.1. The van der Waals surface area contributed by atoms with E-state index < -0.39 is 0 Å². The number of pyridine rings is 2. The summed E-state index contributed by atoms with van der Waals surface area (Å²) in [6.07, 6.45) is 5.27. The van der Waals surface area contributed by atoms with Crippen LogP contribution in [-0.2, 0) is 0 Å². The Morgan fingerprint density at radius 2 is 1.08 bits per heavy atom. The van der Waals surface area contributed by atoms with Gasteiger partial charge < -0.3 is 0 Å². The maximum Gasteiger partial charge on any atom is 0.0701 e. The summed E-state index contributed by atoms with van der Waals surface area (Å²) in [4.78, 5) is 8.36. The average molecular weight is 344 g/mol. The molecule has 5 heteroatoms. The minimum Gasteiger partial charge on any atom is -0.256 e. The molecular weight excluding hydrogens is 328 g/mol. The molecule has 0 radical (unpaired) electrons. The summed E-state index contributed by atoms with van der Waals surface area (Å²) in [5.74, 6) is 0. The molecule has 5 aromatic rings. The van der Waals surface area contributed by atoms with Crippen LogP contribution in [0.25, 0.3) is 21.8 Å². The van der Waals surface area contributed by atoms with Gasteiger partial charge in [-0.1, -0.05) is 53.0 Å². The first-order valence-electron chi connectivity index (χ1n) is 7.74. The van der Waals surface area contributed by atoms with Crippen molar-refractivity contribution in [3.8, 4) is 0 Å². The lowest BCUT2D eigenvalue weighted by Gasteiger charge is -1.91. The molecule has 3 aromatic heterocycles. The van der Waals surface area contributed by atoms with Gasteiger partial charge >= 0.3 is 0 Å². The van der Waals surface area contributed by atoms with Crippen LogP contribution in [-0.4, -0.2) is 19.6 Å². The van der Waals surface area contributed by atoms with Crippen LogP contribution in [0.5, 0.6) is 0 Å². The molecule has 0 saturated heterocycles. The summed E-state index contributed by atoms with van der Waals surface area (Å²) in [5.41, 5.74) is 2.12. The molecule has 3 heterocycles. The Morgan fingerprint density at radius 3 is 1.48 bits per heavy atom. The molecule has 0 aliphatic carbocycles. The molecule has 122 valence electrons. The molecule has 25 heavy (non-hydrogen) atoms. The van der Waals surface area contributed by atoms with Crippen LogP contribution < -0.4 is 0 Å². The quantitative estimate of drug-likeness (QED) is 0.396. The van der Waals surface area contributed by atoms with E-state index in [-0.39, 0.29) is 0 Å². The number of aromatic nitrogens is 4. The van der Waals surface area contributed by atoms with E-state index >= 15 is 0 Å². The van der Waals surface area contributed by atoms with Crippen molar-refractivity contribution in [2.24, 2.45) is 0 Å². The fraction of sp³-hybridized carbons (Fsp3) is 0. The smallest absolute Gasteiger partial charge is 0.0701 e. The van der Waals surface area contributed by atoms with Gasteiger partial charge in [0.15, 0.2) is 0 Å². The molecule has 0 unspecified atom stereocenters. The molecule has 0 bridgehead atoms. The third-order valence-electron chi connectivity index (χ3n) is 3.31. The van der Waals surface area contributed by atoms with Gasteiger partial charge in [0.05, 0.1) is 17.2 Å². The zero-order valence-corrected chi connectivity index (χ0v) is 14.3. The molecule has 0 amide bonds. The first kappa shape index (κ1) is 16.7. The second-order valence-electron chi connectivity index (χ2n) is 4.98. The van der Waals surface area contributed by atoms with Crippen LogP contribution >= 0.6 is 11.5 Å². The number of hydrogen-bond donors (Lipinski definition) is 0. The monoisotopic (exact) mass is 344 g/mol. The Bertz CT molecular complexity index is 797. The molecular formula is C20H16N4S. The average Bonchev–Trinajstić information content (AvgIpc) is 3.29. The normalized spacial score (nSPS) is 9.60. The molecule has 5 rings (SSSR count). The molecule has 4 nitrogen and oxygen atoms in total. The van der Waals surface area contributed by atoms with Gasteiger partial charge in [0, 0.05) is 28.5 Å². The van der Waals surface area contributed by atoms with Crippen molar-refractivity contribution in [1.82, 2.24) is 19.6 Å². The summed E-state index contributed by atoms with van der Waals surface area (Å²) in [5, 5.41) is 7.71. The van der Waals surface area contributed by atoms with Gasteiger partial charge in [-0.15, -0.1) is 5.10 Å². The van der Waals surface area contributed by atoms with E-state index in [4.69, 9.17) is 0 Å². The summed E-state index contributed by atoms with van der Waals surface area (Å²) in [6.45, 7) is 0. The Balaban J connectivity index is 0.000000116. The van der Waals surface area contributed by atoms with Crippen LogP contribution in [0.15, 0.2) is 96.8 Å². The predicted octanol–water partition coefficient (Wildman–Crippen LogP) is 5.01. The van der Waals surface area contributed by atoms with Crippen LogP contribution in [0.4, 0.5) is 0 Å². The predicted molar refractivity (Wildman–Crippen MR) is 103 cm³/mol. The lowest BCUT2D eigenvalue weighted by atomic mass is 10.2. The van der Waals surface area contributed by atoms with Crippen LogP contribution in [0, 0.1) is 0 Å². The van der Waals surface area contributed by atoms with E-state index in [9.17, 15) is 0 Å². The van der Waals surface area contributed by atoms with Gasteiger partial charge in [-0.3, -0.25) is 9.97 Å². The maximum atomic E-state index is 4.18. The van der Waals surface area contributed by atoms with Gasteiger partial charge in [-0.05, 0) is 35.8 Å². The van der Waals surface area contributed by atoms with Crippen LogP contribution in [0.1, 0.15) is 0 Å². The first-order chi connectivity index (χ1) is 12.4. The van der Waals surface area contributed by atoms with Crippen molar-refractivity contribution in [1.29, 1.82) is 0 Å². The van der Waals surface area contributed by atoms with Crippen molar-refractivity contribution >= 4 is 33.3 Å². The van der Waals surface area contributed by atoms with Gasteiger partial charge in [0.1, 0.15) is 0 Å². The number of hydrogen-bond acceptors (Lipinski definition) is 5. The van der Waals surface area contributed by atoms with Gasteiger partial charge in [0.25, 0.3) is 0 Å². The zero-order chi connectivity index (χ0) is 17.2. The molecule has 0 fully saturated rings. The lowest BCUT2D eigenvalue weighted by molar-refractivity contribution is 1.16. The SMILES string of the molecule is c1ccc2ncccc2c1.c1ccc2ncccc2c1.c1csnn1. The zero-order valence-electron chi connectivity index (χ0n) is 13.4. The van der Waals surface area contributed by atoms with E-state index in [1.54, 1.807) is 6.20 Å². The fourth-order valence-corrected chi connectivity index (χ4v) is 2.44. The highest BCUT2D eigenvalue weighted by Gasteiger charge is 1.87. The Kier molecular flexibility index (Phi) is 6.13. The fourth-order valence-electron chi connectivity index (χ4n) is 2.17. The second kappa shape index (κ2) is 9.20. The Labute approximate surface area is 150 Å². The van der Waals surface area contributed by atoms with Crippen molar-refractivity contribution in [2.45, 2.75) is 0 Å². The Morgan fingerprint density at radius 1 is 0.560 bits per heavy atom. The number of para-hydroxylation sites is 2. The molecule has 2 aromatic carbocycles. The second-order valence-corrected chi connectivity index (χ2v) is 5.63. The first-order valence-corrected chi connectivity index (χ1v) is 8.58. The lowest BCUT2D eigenvalue weighted by Crippen LogP contribution is -1.73. The van der Waals surface area contributed by atoms with Crippen molar-refractivity contribution in [3.05, 3.63) is 96.8 Å². The van der Waals surface area contributed by atoms with E-state index in [0.29, 0.717) is 0 Å². The molecule has 0 spiro atoms. The van der Waals surface area contributed by atoms with Crippen LogP contribution in [0.2, 0.25) is 0 Å². The third kappa shape index (κ3) is 5.16. The highest BCUT2D eigenvalue weighted by Crippen LogP contribution is 2.08. The van der Waals surface area contributed by atoms with Crippen molar-refractivity contribution in [2.75, 3.05) is 0 Å². The minimum absolute atomic E-state index is 1.06. The third-order valence-corrected chi connectivity index (χ3v) is 3.74. The van der Waals surface area contributed by atoms with E-state index in [1.165, 1.54) is 22.3 Å². The van der Waals surface area contributed by atoms with Gasteiger partial charge in [-0.25, -0.2) is 0 Å². The molecule has 0 saturated carbocycles. The largest absolute Gasteiger partial charge is 0.256 e. The number of nitrogens with zero attached hydrogens (tertiary/aromatic N) is 4. The summed E-state index contributed by atoms with van der Waals surface area (Å²) < 4.78 is 3.51. The van der Waals surface area contributed by atoms with Gasteiger partial charge in [0.2, 0.25) is 0 Å². The maximum absolute atomic E-state index is 4.18. The van der Waals surface area contributed by atoms with Crippen molar-refractivity contribution < 1.29 is 0 Å². The van der Waals surface area contributed by atoms with Crippen molar-refractivity contribution in [3.63, 3.8) is 0 Å².